The molecule has 0 aliphatic carbocycles. The number of hydrogen-bond donors (Lipinski definition) is 1. The summed E-state index contributed by atoms with van der Waals surface area (Å²) in [7, 11) is 0. The molecule has 0 aliphatic heterocycles. The van der Waals surface area contributed by atoms with Crippen LogP contribution < -0.4 is 5.43 Å². The van der Waals surface area contributed by atoms with Crippen molar-refractivity contribution in [3.8, 4) is 11.3 Å². The zero-order valence-corrected chi connectivity index (χ0v) is 11.3. The molecule has 2 aromatic heterocycles. The number of carbonyl (C=O) groups is 1. The molecule has 0 saturated carbocycles. The fraction of sp³-hybridized carbons (Fsp3) is 0.133. The van der Waals surface area contributed by atoms with Crippen molar-refractivity contribution in [2.75, 3.05) is 6.61 Å². The number of hydrogen-bond acceptors (Lipinski definition) is 5. The molecule has 0 saturated heterocycles. The molecule has 1 N–H and O–H groups in total. The van der Waals surface area contributed by atoms with Crippen LogP contribution in [0.25, 0.3) is 22.4 Å². The molecule has 3 aromatic rings. The first kappa shape index (κ1) is 13.1. The second-order valence-electron chi connectivity index (χ2n) is 4.34. The number of H-pyrrole nitrogens is 1. The predicted octanol–water partition coefficient (Wildman–Crippen LogP) is 2.36. The molecule has 2 heterocycles. The molecular weight excluding hydrogens is 272 g/mol. The maximum absolute atomic E-state index is 12.1. The van der Waals surface area contributed by atoms with E-state index in [2.05, 4.69) is 10.2 Å². The van der Waals surface area contributed by atoms with Gasteiger partial charge in [-0.15, -0.1) is 0 Å². The maximum atomic E-state index is 12.1. The quantitative estimate of drug-likeness (QED) is 0.746. The van der Waals surface area contributed by atoms with Crippen LogP contribution in [0.15, 0.2) is 45.6 Å². The topological polar surface area (TPSA) is 85.2 Å². The largest absolute Gasteiger partial charge is 0.461 e. The first-order valence-electron chi connectivity index (χ1n) is 6.45. The highest BCUT2D eigenvalue weighted by Gasteiger charge is 2.20. The normalized spacial score (nSPS) is 10.7. The van der Waals surface area contributed by atoms with Crippen molar-refractivity contribution in [2.24, 2.45) is 0 Å². The highest BCUT2D eigenvalue weighted by atomic mass is 16.5. The Labute approximate surface area is 119 Å². The molecule has 0 amide bonds. The predicted molar refractivity (Wildman–Crippen MR) is 76.0 cm³/mol. The van der Waals surface area contributed by atoms with Crippen LogP contribution in [-0.2, 0) is 4.74 Å². The summed E-state index contributed by atoms with van der Waals surface area (Å²) in [6, 6.07) is 10.5. The van der Waals surface area contributed by atoms with Crippen molar-refractivity contribution in [3.05, 3.63) is 52.3 Å². The molecule has 3 rings (SSSR count). The lowest BCUT2D eigenvalue weighted by atomic mass is 10.1. The van der Waals surface area contributed by atoms with Gasteiger partial charge in [-0.25, -0.2) is 4.79 Å². The third-order valence-corrected chi connectivity index (χ3v) is 2.97. The number of rotatable bonds is 3. The highest BCUT2D eigenvalue weighted by molar-refractivity contribution is 5.99. The van der Waals surface area contributed by atoms with E-state index >= 15 is 0 Å². The molecule has 21 heavy (non-hydrogen) atoms. The van der Waals surface area contributed by atoms with Crippen LogP contribution >= 0.6 is 0 Å². The van der Waals surface area contributed by atoms with Gasteiger partial charge in [0.2, 0.25) is 5.43 Å². The minimum Gasteiger partial charge on any atom is -0.461 e. The Morgan fingerprint density at radius 3 is 2.81 bits per heavy atom. The first-order valence-corrected chi connectivity index (χ1v) is 6.45. The van der Waals surface area contributed by atoms with Crippen LogP contribution in [0, 0.1) is 0 Å². The molecule has 0 fully saturated rings. The van der Waals surface area contributed by atoms with Gasteiger partial charge in [0.1, 0.15) is 5.76 Å². The number of fused-ring (bicyclic) bond motifs is 1. The molecular formula is C15H12N2O4. The van der Waals surface area contributed by atoms with Gasteiger partial charge in [0.05, 0.1) is 6.61 Å². The third-order valence-electron chi connectivity index (χ3n) is 2.97. The zero-order chi connectivity index (χ0) is 14.8. The molecule has 1 aromatic carbocycles. The zero-order valence-electron chi connectivity index (χ0n) is 11.3. The van der Waals surface area contributed by atoms with Crippen molar-refractivity contribution in [1.82, 2.24) is 10.2 Å². The van der Waals surface area contributed by atoms with Crippen molar-refractivity contribution < 1.29 is 13.9 Å². The second-order valence-corrected chi connectivity index (χ2v) is 4.34. The molecule has 6 nitrogen and oxygen atoms in total. The van der Waals surface area contributed by atoms with Gasteiger partial charge in [-0.3, -0.25) is 9.89 Å². The van der Waals surface area contributed by atoms with Gasteiger partial charge in [-0.1, -0.05) is 30.3 Å². The molecule has 106 valence electrons. The van der Waals surface area contributed by atoms with Gasteiger partial charge in [-0.2, -0.15) is 5.10 Å². The van der Waals surface area contributed by atoms with E-state index in [0.29, 0.717) is 5.76 Å². The Morgan fingerprint density at radius 1 is 1.33 bits per heavy atom. The molecule has 0 aliphatic rings. The van der Waals surface area contributed by atoms with E-state index in [1.54, 1.807) is 6.92 Å². The smallest absolute Gasteiger partial charge is 0.360 e. The van der Waals surface area contributed by atoms with E-state index in [0.717, 1.165) is 5.56 Å². The number of carbonyl (C=O) groups excluding carboxylic acids is 1. The lowest BCUT2D eigenvalue weighted by Crippen LogP contribution is -2.06. The summed E-state index contributed by atoms with van der Waals surface area (Å²) in [4.78, 5) is 23.9. The lowest BCUT2D eigenvalue weighted by molar-refractivity contribution is 0.0520. The summed E-state index contributed by atoms with van der Waals surface area (Å²) in [5.41, 5.74) is 0.661. The number of nitrogens with one attached hydrogen (secondary N) is 1. The van der Waals surface area contributed by atoms with Crippen molar-refractivity contribution in [2.45, 2.75) is 6.92 Å². The SMILES string of the molecule is CCOC(=O)c1[nH]nc2c(=O)cc(-c3ccccc3)oc12. The number of ether oxygens (including phenoxy) is 1. The van der Waals surface area contributed by atoms with Crippen LogP contribution in [0.5, 0.6) is 0 Å². The van der Waals surface area contributed by atoms with Crippen LogP contribution in [0.2, 0.25) is 0 Å². The van der Waals surface area contributed by atoms with E-state index in [9.17, 15) is 9.59 Å². The van der Waals surface area contributed by atoms with Gasteiger partial charge in [0.15, 0.2) is 16.8 Å². The van der Waals surface area contributed by atoms with Crippen molar-refractivity contribution in [3.63, 3.8) is 0 Å². The number of nitrogens with zero attached hydrogens (tertiary/aromatic N) is 1. The van der Waals surface area contributed by atoms with Gasteiger partial charge < -0.3 is 9.15 Å². The maximum Gasteiger partial charge on any atom is 0.360 e. The van der Waals surface area contributed by atoms with Gasteiger partial charge in [-0.05, 0) is 6.92 Å². The van der Waals surface area contributed by atoms with Crippen LogP contribution in [0.4, 0.5) is 0 Å². The van der Waals surface area contributed by atoms with E-state index < -0.39 is 5.97 Å². The highest BCUT2D eigenvalue weighted by Crippen LogP contribution is 2.23. The summed E-state index contributed by atoms with van der Waals surface area (Å²) in [6.45, 7) is 1.92. The molecule has 6 heteroatoms. The fourth-order valence-electron chi connectivity index (χ4n) is 2.01. The number of aromatic nitrogens is 2. The minimum atomic E-state index is -0.603. The third kappa shape index (κ3) is 2.31. The first-order chi connectivity index (χ1) is 10.2. The van der Waals surface area contributed by atoms with E-state index in [4.69, 9.17) is 9.15 Å². The van der Waals surface area contributed by atoms with Gasteiger partial charge in [0, 0.05) is 11.6 Å². The summed E-state index contributed by atoms with van der Waals surface area (Å²) in [5.74, 6) is -0.228. The summed E-state index contributed by atoms with van der Waals surface area (Å²) >= 11 is 0. The molecule has 0 unspecified atom stereocenters. The van der Waals surface area contributed by atoms with E-state index in [1.165, 1.54) is 6.07 Å². The standard InChI is InChI=1S/C15H12N2O4/c1-2-20-15(19)13-14-12(16-17-13)10(18)8-11(21-14)9-6-4-3-5-7-9/h3-8H,2H2,1H3,(H,16,17). The Morgan fingerprint density at radius 2 is 2.10 bits per heavy atom. The Hall–Kier alpha value is -2.89. The van der Waals surface area contributed by atoms with Crippen LogP contribution in [0.3, 0.4) is 0 Å². The van der Waals surface area contributed by atoms with Crippen molar-refractivity contribution in [1.29, 1.82) is 0 Å². The van der Waals surface area contributed by atoms with Crippen molar-refractivity contribution >= 4 is 17.1 Å². The summed E-state index contributed by atoms with van der Waals surface area (Å²) in [5, 5.41) is 6.32. The average Bonchev–Trinajstić information content (AvgIpc) is 2.93. The number of esters is 1. The molecule has 0 bridgehead atoms. The number of benzene rings is 1. The van der Waals surface area contributed by atoms with Crippen LogP contribution in [-0.4, -0.2) is 22.8 Å². The Bertz CT molecular complexity index is 849. The molecule has 0 spiro atoms. The Balaban J connectivity index is 2.20. The average molecular weight is 284 g/mol. The van der Waals surface area contributed by atoms with E-state index in [-0.39, 0.29) is 28.8 Å². The Kier molecular flexibility index (Phi) is 3.27. The monoisotopic (exact) mass is 284 g/mol. The fourth-order valence-corrected chi connectivity index (χ4v) is 2.01. The number of aromatic amines is 1. The van der Waals surface area contributed by atoms with E-state index in [1.807, 2.05) is 30.3 Å². The summed E-state index contributed by atoms with van der Waals surface area (Å²) in [6.07, 6.45) is 0. The van der Waals surface area contributed by atoms with Gasteiger partial charge in [0.25, 0.3) is 0 Å². The van der Waals surface area contributed by atoms with Crippen LogP contribution in [0.1, 0.15) is 17.4 Å². The van der Waals surface area contributed by atoms with Gasteiger partial charge >= 0.3 is 5.97 Å². The molecule has 0 radical (unpaired) electrons. The lowest BCUT2D eigenvalue weighted by Gasteiger charge is -2.01. The minimum absolute atomic E-state index is 0.0433. The molecule has 0 atom stereocenters. The second kappa shape index (κ2) is 5.24. The summed E-state index contributed by atoms with van der Waals surface area (Å²) < 4.78 is 10.6.